The predicted molar refractivity (Wildman–Crippen MR) is 72.4 cm³/mol. The molecule has 1 saturated carbocycles. The Hall–Kier alpha value is -1.83. The van der Waals surface area contributed by atoms with Gasteiger partial charge in [-0.1, -0.05) is 12.8 Å². The molecule has 0 aliphatic heterocycles. The fraction of sp³-hybridized carbons (Fsp3) is 0.583. The predicted octanol–water partition coefficient (Wildman–Crippen LogP) is 2.15. The van der Waals surface area contributed by atoms with Crippen molar-refractivity contribution >= 4 is 23.5 Å². The van der Waals surface area contributed by atoms with E-state index in [1.165, 1.54) is 19.0 Å². The molecule has 1 N–H and O–H groups in total. The molecule has 0 aromatic carbocycles. The summed E-state index contributed by atoms with van der Waals surface area (Å²) in [5.74, 6) is 2.02. The fourth-order valence-electron chi connectivity index (χ4n) is 2.35. The minimum Gasteiger partial charge on any atom is -0.425 e. The first-order valence-electron chi connectivity index (χ1n) is 6.71. The molecule has 2 heterocycles. The molecule has 106 valence electrons. The summed E-state index contributed by atoms with van der Waals surface area (Å²) >= 11 is 1.06. The van der Waals surface area contributed by atoms with Crippen molar-refractivity contribution in [3.8, 4) is 0 Å². The summed E-state index contributed by atoms with van der Waals surface area (Å²) in [5.41, 5.74) is 0. The summed E-state index contributed by atoms with van der Waals surface area (Å²) in [5, 5.41) is 10.8. The maximum Gasteiger partial charge on any atom is 0.226 e. The lowest BCUT2D eigenvalue weighted by Gasteiger charge is -2.01. The van der Waals surface area contributed by atoms with Gasteiger partial charge in [0.05, 0.1) is 17.9 Å². The van der Waals surface area contributed by atoms with Gasteiger partial charge in [0.15, 0.2) is 5.82 Å². The topological polar surface area (TPSA) is 93.8 Å². The Bertz CT molecular complexity index is 562. The number of hydrogen-bond acceptors (Lipinski definition) is 7. The second-order valence-electron chi connectivity index (χ2n) is 4.86. The van der Waals surface area contributed by atoms with E-state index in [1.807, 2.05) is 0 Å². The highest BCUT2D eigenvalue weighted by molar-refractivity contribution is 6.99. The van der Waals surface area contributed by atoms with Gasteiger partial charge in [-0.25, -0.2) is 0 Å². The van der Waals surface area contributed by atoms with E-state index in [-0.39, 0.29) is 5.91 Å². The van der Waals surface area contributed by atoms with Gasteiger partial charge in [0.2, 0.25) is 17.7 Å². The zero-order valence-electron chi connectivity index (χ0n) is 10.9. The number of anilines is 1. The second kappa shape index (κ2) is 6.08. The van der Waals surface area contributed by atoms with Crippen LogP contribution in [0.2, 0.25) is 0 Å². The highest BCUT2D eigenvalue weighted by Crippen LogP contribution is 2.33. The maximum atomic E-state index is 11.7. The zero-order valence-corrected chi connectivity index (χ0v) is 11.7. The van der Waals surface area contributed by atoms with E-state index >= 15 is 0 Å². The van der Waals surface area contributed by atoms with E-state index in [0.29, 0.717) is 30.5 Å². The van der Waals surface area contributed by atoms with E-state index in [2.05, 4.69) is 24.3 Å². The molecular formula is C12H15N5O2S. The van der Waals surface area contributed by atoms with Crippen LogP contribution in [0.1, 0.15) is 49.8 Å². The van der Waals surface area contributed by atoms with Crippen LogP contribution in [0, 0.1) is 0 Å². The van der Waals surface area contributed by atoms with Crippen LogP contribution in [-0.2, 0) is 11.2 Å². The lowest BCUT2D eigenvalue weighted by Crippen LogP contribution is -2.12. The quantitative estimate of drug-likeness (QED) is 0.907. The van der Waals surface area contributed by atoms with Crippen LogP contribution in [0.3, 0.4) is 0 Å². The summed E-state index contributed by atoms with van der Waals surface area (Å²) < 4.78 is 13.4. The molecule has 0 spiro atoms. The van der Waals surface area contributed by atoms with Gasteiger partial charge < -0.3 is 9.73 Å². The number of amides is 1. The number of hydrogen-bond donors (Lipinski definition) is 1. The number of rotatable bonds is 5. The van der Waals surface area contributed by atoms with Crippen LogP contribution in [0.15, 0.2) is 10.6 Å². The van der Waals surface area contributed by atoms with Gasteiger partial charge in [0.1, 0.15) is 0 Å². The SMILES string of the molecule is O=C(CCc1nnc(C2CCCC2)o1)Nc1cnsn1. The molecule has 0 atom stereocenters. The number of aryl methyl sites for hydroxylation is 1. The van der Waals surface area contributed by atoms with Gasteiger partial charge in [0.25, 0.3) is 0 Å². The average Bonchev–Trinajstić information content (AvgIpc) is 3.18. The van der Waals surface area contributed by atoms with Crippen LogP contribution in [0.4, 0.5) is 5.82 Å². The van der Waals surface area contributed by atoms with Crippen LogP contribution in [0.25, 0.3) is 0 Å². The van der Waals surface area contributed by atoms with E-state index in [9.17, 15) is 4.79 Å². The Labute approximate surface area is 120 Å². The molecule has 2 aromatic heterocycles. The van der Waals surface area contributed by atoms with Crippen molar-refractivity contribution in [2.45, 2.75) is 44.4 Å². The molecule has 0 unspecified atom stereocenters. The first-order chi connectivity index (χ1) is 9.81. The smallest absolute Gasteiger partial charge is 0.226 e. The lowest BCUT2D eigenvalue weighted by molar-refractivity contribution is -0.116. The Morgan fingerprint density at radius 2 is 2.25 bits per heavy atom. The molecular weight excluding hydrogens is 278 g/mol. The molecule has 0 bridgehead atoms. The number of carbonyl (C=O) groups is 1. The van der Waals surface area contributed by atoms with Crippen molar-refractivity contribution in [1.82, 2.24) is 18.9 Å². The number of carbonyl (C=O) groups excluding carboxylic acids is 1. The van der Waals surface area contributed by atoms with E-state index < -0.39 is 0 Å². The summed E-state index contributed by atoms with van der Waals surface area (Å²) in [7, 11) is 0. The Kier molecular flexibility index (Phi) is 4.00. The largest absolute Gasteiger partial charge is 0.425 e. The zero-order chi connectivity index (χ0) is 13.8. The van der Waals surface area contributed by atoms with E-state index in [4.69, 9.17) is 4.42 Å². The third kappa shape index (κ3) is 3.19. The first-order valence-corrected chi connectivity index (χ1v) is 7.44. The van der Waals surface area contributed by atoms with Crippen LogP contribution >= 0.6 is 11.7 Å². The molecule has 20 heavy (non-hydrogen) atoms. The monoisotopic (exact) mass is 293 g/mol. The minimum absolute atomic E-state index is 0.127. The fourth-order valence-corrected chi connectivity index (χ4v) is 2.73. The van der Waals surface area contributed by atoms with E-state index in [0.717, 1.165) is 30.5 Å². The highest BCUT2D eigenvalue weighted by Gasteiger charge is 2.22. The highest BCUT2D eigenvalue weighted by atomic mass is 32.1. The van der Waals surface area contributed by atoms with Crippen molar-refractivity contribution in [1.29, 1.82) is 0 Å². The number of nitrogens with one attached hydrogen (secondary N) is 1. The molecule has 7 nitrogen and oxygen atoms in total. The van der Waals surface area contributed by atoms with Gasteiger partial charge in [0, 0.05) is 18.8 Å². The standard InChI is InChI=1S/C12H15N5O2S/c18-10(14-9-7-13-20-17-9)5-6-11-15-16-12(19-11)8-3-1-2-4-8/h7-8H,1-6H2,(H,14,17,18). The van der Waals surface area contributed by atoms with Gasteiger partial charge in [-0.15, -0.1) is 10.2 Å². The van der Waals surface area contributed by atoms with Crippen molar-refractivity contribution in [3.63, 3.8) is 0 Å². The van der Waals surface area contributed by atoms with Gasteiger partial charge in [-0.3, -0.25) is 4.79 Å². The summed E-state index contributed by atoms with van der Waals surface area (Å²) in [6.45, 7) is 0. The summed E-state index contributed by atoms with van der Waals surface area (Å²) in [6.07, 6.45) is 6.97. The third-order valence-electron chi connectivity index (χ3n) is 3.38. The lowest BCUT2D eigenvalue weighted by atomic mass is 10.1. The van der Waals surface area contributed by atoms with Crippen molar-refractivity contribution in [2.24, 2.45) is 0 Å². The van der Waals surface area contributed by atoms with Crippen molar-refractivity contribution in [3.05, 3.63) is 18.0 Å². The normalized spacial score (nSPS) is 15.6. The summed E-state index contributed by atoms with van der Waals surface area (Å²) in [4.78, 5) is 11.7. The van der Waals surface area contributed by atoms with Gasteiger partial charge in [-0.2, -0.15) is 8.75 Å². The minimum atomic E-state index is -0.127. The Morgan fingerprint density at radius 1 is 1.40 bits per heavy atom. The molecule has 0 saturated heterocycles. The molecule has 1 aliphatic rings. The van der Waals surface area contributed by atoms with Gasteiger partial charge in [-0.05, 0) is 12.8 Å². The number of aromatic nitrogens is 4. The molecule has 8 heteroatoms. The molecule has 3 rings (SSSR count). The van der Waals surface area contributed by atoms with Crippen molar-refractivity contribution < 1.29 is 9.21 Å². The second-order valence-corrected chi connectivity index (χ2v) is 5.41. The third-order valence-corrected chi connectivity index (χ3v) is 3.86. The summed E-state index contributed by atoms with van der Waals surface area (Å²) in [6, 6.07) is 0. The molecule has 1 amide bonds. The maximum absolute atomic E-state index is 11.7. The van der Waals surface area contributed by atoms with Crippen molar-refractivity contribution in [2.75, 3.05) is 5.32 Å². The Morgan fingerprint density at radius 3 is 3.00 bits per heavy atom. The molecule has 1 fully saturated rings. The average molecular weight is 293 g/mol. The van der Waals surface area contributed by atoms with Crippen LogP contribution < -0.4 is 5.32 Å². The van der Waals surface area contributed by atoms with Crippen LogP contribution in [-0.4, -0.2) is 24.9 Å². The number of nitrogens with zero attached hydrogens (tertiary/aromatic N) is 4. The van der Waals surface area contributed by atoms with E-state index in [1.54, 1.807) is 0 Å². The van der Waals surface area contributed by atoms with Crippen LogP contribution in [0.5, 0.6) is 0 Å². The first kappa shape index (κ1) is 13.2. The molecule has 2 aromatic rings. The Balaban J connectivity index is 1.49. The molecule has 0 radical (unpaired) electrons. The van der Waals surface area contributed by atoms with Gasteiger partial charge >= 0.3 is 0 Å². The molecule has 1 aliphatic carbocycles.